The fourth-order valence-electron chi connectivity index (χ4n) is 1.14. The summed E-state index contributed by atoms with van der Waals surface area (Å²) in [5.74, 6) is -1.61. The first-order chi connectivity index (χ1) is 8.02. The zero-order chi connectivity index (χ0) is 12.8. The summed E-state index contributed by atoms with van der Waals surface area (Å²) >= 11 is 0. The van der Waals surface area contributed by atoms with Crippen LogP contribution in [0, 0.1) is 0 Å². The standard InChI is InChI=1S/C9H14N4O4/c1-6(13-5-10-4-12-13)8(15)11-3-2-7(14)9(16)17/h4-7,14H,2-3H2,1H3,(H,11,15)(H,16,17). The fourth-order valence-corrected chi connectivity index (χ4v) is 1.14. The van der Waals surface area contributed by atoms with E-state index in [1.165, 1.54) is 17.3 Å². The molecule has 1 aromatic rings. The van der Waals surface area contributed by atoms with Crippen LogP contribution in [-0.2, 0) is 9.59 Å². The molecule has 0 fully saturated rings. The van der Waals surface area contributed by atoms with Crippen molar-refractivity contribution in [2.24, 2.45) is 0 Å². The lowest BCUT2D eigenvalue weighted by Gasteiger charge is -2.12. The second kappa shape index (κ2) is 5.94. The molecule has 0 radical (unpaired) electrons. The molecule has 94 valence electrons. The summed E-state index contributed by atoms with van der Waals surface area (Å²) in [5, 5.41) is 23.7. The second-order valence-corrected chi connectivity index (χ2v) is 3.49. The summed E-state index contributed by atoms with van der Waals surface area (Å²) in [6, 6.07) is -0.528. The normalized spacial score (nSPS) is 14.0. The van der Waals surface area contributed by atoms with Gasteiger partial charge in [-0.05, 0) is 6.92 Å². The highest BCUT2D eigenvalue weighted by atomic mass is 16.4. The van der Waals surface area contributed by atoms with Crippen molar-refractivity contribution in [3.8, 4) is 0 Å². The highest BCUT2D eigenvalue weighted by Gasteiger charge is 2.17. The van der Waals surface area contributed by atoms with Crippen molar-refractivity contribution in [3.63, 3.8) is 0 Å². The highest BCUT2D eigenvalue weighted by Crippen LogP contribution is 2.01. The Balaban J connectivity index is 2.33. The van der Waals surface area contributed by atoms with E-state index in [1.54, 1.807) is 6.92 Å². The molecule has 0 aromatic carbocycles. The summed E-state index contributed by atoms with van der Waals surface area (Å²) < 4.78 is 1.38. The van der Waals surface area contributed by atoms with Crippen LogP contribution in [0.4, 0.5) is 0 Å². The molecule has 0 aliphatic heterocycles. The molecule has 17 heavy (non-hydrogen) atoms. The molecule has 1 amide bonds. The summed E-state index contributed by atoms with van der Waals surface area (Å²) in [6.07, 6.45) is 1.23. The first kappa shape index (κ1) is 13.1. The Bertz CT molecular complexity index is 378. The smallest absolute Gasteiger partial charge is 0.332 e. The van der Waals surface area contributed by atoms with Gasteiger partial charge in [-0.15, -0.1) is 0 Å². The summed E-state index contributed by atoms with van der Waals surface area (Å²) in [5.41, 5.74) is 0. The third kappa shape index (κ3) is 3.83. The number of hydrogen-bond donors (Lipinski definition) is 3. The van der Waals surface area contributed by atoms with Gasteiger partial charge in [0.25, 0.3) is 0 Å². The Kier molecular flexibility index (Phi) is 4.58. The molecular formula is C9H14N4O4. The van der Waals surface area contributed by atoms with Crippen LogP contribution in [0.25, 0.3) is 0 Å². The monoisotopic (exact) mass is 242 g/mol. The molecule has 8 heteroatoms. The number of aromatic nitrogens is 3. The second-order valence-electron chi connectivity index (χ2n) is 3.49. The van der Waals surface area contributed by atoms with Gasteiger partial charge in [0.1, 0.15) is 18.7 Å². The van der Waals surface area contributed by atoms with Gasteiger partial charge in [-0.25, -0.2) is 14.5 Å². The lowest BCUT2D eigenvalue weighted by Crippen LogP contribution is -2.34. The number of carbonyl (C=O) groups excluding carboxylic acids is 1. The molecule has 0 spiro atoms. The van der Waals surface area contributed by atoms with Crippen molar-refractivity contribution < 1.29 is 19.8 Å². The van der Waals surface area contributed by atoms with Crippen LogP contribution in [-0.4, -0.2) is 49.5 Å². The van der Waals surface area contributed by atoms with E-state index < -0.39 is 18.1 Å². The van der Waals surface area contributed by atoms with Gasteiger partial charge in [0.05, 0.1) is 0 Å². The van der Waals surface area contributed by atoms with Gasteiger partial charge >= 0.3 is 5.97 Å². The van der Waals surface area contributed by atoms with Crippen molar-refractivity contribution in [1.29, 1.82) is 0 Å². The van der Waals surface area contributed by atoms with Gasteiger partial charge in [-0.3, -0.25) is 4.79 Å². The van der Waals surface area contributed by atoms with Crippen LogP contribution in [0.1, 0.15) is 19.4 Å². The Morgan fingerprint density at radius 1 is 1.53 bits per heavy atom. The van der Waals surface area contributed by atoms with E-state index in [0.29, 0.717) is 0 Å². The largest absolute Gasteiger partial charge is 0.479 e. The first-order valence-electron chi connectivity index (χ1n) is 5.05. The number of carboxylic acids is 1. The van der Waals surface area contributed by atoms with Gasteiger partial charge in [0.15, 0.2) is 6.10 Å². The van der Waals surface area contributed by atoms with Crippen molar-refractivity contribution >= 4 is 11.9 Å². The third-order valence-electron chi connectivity index (χ3n) is 2.21. The van der Waals surface area contributed by atoms with E-state index in [4.69, 9.17) is 10.2 Å². The van der Waals surface area contributed by atoms with Crippen LogP contribution in [0.5, 0.6) is 0 Å². The molecule has 1 aromatic heterocycles. The maximum absolute atomic E-state index is 11.6. The van der Waals surface area contributed by atoms with Gasteiger partial charge in [-0.2, -0.15) is 5.10 Å². The van der Waals surface area contributed by atoms with E-state index in [0.717, 1.165) is 0 Å². The van der Waals surface area contributed by atoms with Crippen LogP contribution in [0.15, 0.2) is 12.7 Å². The molecule has 0 aliphatic carbocycles. The first-order valence-corrected chi connectivity index (χ1v) is 5.05. The minimum Gasteiger partial charge on any atom is -0.479 e. The van der Waals surface area contributed by atoms with Crippen LogP contribution in [0.2, 0.25) is 0 Å². The van der Waals surface area contributed by atoms with Crippen molar-refractivity contribution in [2.75, 3.05) is 6.54 Å². The topological polar surface area (TPSA) is 117 Å². The molecule has 8 nitrogen and oxygen atoms in total. The summed E-state index contributed by atoms with van der Waals surface area (Å²) in [4.78, 5) is 25.6. The van der Waals surface area contributed by atoms with Crippen LogP contribution < -0.4 is 5.32 Å². The van der Waals surface area contributed by atoms with Crippen molar-refractivity contribution in [1.82, 2.24) is 20.1 Å². The number of carbonyl (C=O) groups is 2. The minimum atomic E-state index is -1.46. The zero-order valence-corrected chi connectivity index (χ0v) is 9.28. The molecule has 3 N–H and O–H groups in total. The van der Waals surface area contributed by atoms with Crippen LogP contribution >= 0.6 is 0 Å². The Hall–Kier alpha value is -1.96. The molecular weight excluding hydrogens is 228 g/mol. The maximum Gasteiger partial charge on any atom is 0.332 e. The minimum absolute atomic E-state index is 0.0366. The molecule has 0 bridgehead atoms. The molecule has 0 saturated heterocycles. The number of hydrogen-bond acceptors (Lipinski definition) is 5. The van der Waals surface area contributed by atoms with E-state index in [-0.39, 0.29) is 18.9 Å². The lowest BCUT2D eigenvalue weighted by atomic mass is 10.2. The number of nitrogens with zero attached hydrogens (tertiary/aromatic N) is 3. The zero-order valence-electron chi connectivity index (χ0n) is 9.28. The average molecular weight is 242 g/mol. The highest BCUT2D eigenvalue weighted by molar-refractivity contribution is 5.79. The van der Waals surface area contributed by atoms with Crippen molar-refractivity contribution in [3.05, 3.63) is 12.7 Å². The number of aliphatic hydroxyl groups is 1. The maximum atomic E-state index is 11.6. The molecule has 0 aliphatic rings. The summed E-state index contributed by atoms with van der Waals surface area (Å²) in [7, 11) is 0. The third-order valence-corrected chi connectivity index (χ3v) is 2.21. The van der Waals surface area contributed by atoms with Gasteiger partial charge in [0.2, 0.25) is 5.91 Å². The number of aliphatic hydroxyl groups excluding tert-OH is 1. The number of carboxylic acid groups (broad SMARTS) is 1. The quantitative estimate of drug-likeness (QED) is 0.576. The Morgan fingerprint density at radius 3 is 2.76 bits per heavy atom. The van der Waals surface area contributed by atoms with E-state index >= 15 is 0 Å². The molecule has 2 unspecified atom stereocenters. The van der Waals surface area contributed by atoms with E-state index in [2.05, 4.69) is 15.4 Å². The molecule has 0 saturated carbocycles. The van der Waals surface area contributed by atoms with Gasteiger partial charge in [0, 0.05) is 13.0 Å². The van der Waals surface area contributed by atoms with Gasteiger partial charge < -0.3 is 15.5 Å². The molecule has 1 rings (SSSR count). The summed E-state index contributed by atoms with van der Waals surface area (Å²) in [6.45, 7) is 1.73. The number of nitrogens with one attached hydrogen (secondary N) is 1. The van der Waals surface area contributed by atoms with Crippen LogP contribution in [0.3, 0.4) is 0 Å². The SMILES string of the molecule is CC(C(=O)NCCC(O)C(=O)O)n1cncn1. The number of rotatable bonds is 6. The predicted octanol–water partition coefficient (Wildman–Crippen LogP) is -1.21. The van der Waals surface area contributed by atoms with E-state index in [9.17, 15) is 9.59 Å². The number of aliphatic carboxylic acids is 1. The van der Waals surface area contributed by atoms with Crippen molar-refractivity contribution in [2.45, 2.75) is 25.5 Å². The lowest BCUT2D eigenvalue weighted by molar-refractivity contribution is -0.147. The predicted molar refractivity (Wildman–Crippen MR) is 56.0 cm³/mol. The average Bonchev–Trinajstić information content (AvgIpc) is 2.80. The van der Waals surface area contributed by atoms with Gasteiger partial charge in [-0.1, -0.05) is 0 Å². The fraction of sp³-hybridized carbons (Fsp3) is 0.556. The Labute approximate surface area is 97.3 Å². The van der Waals surface area contributed by atoms with E-state index in [1.807, 2.05) is 0 Å². The molecule has 1 heterocycles. The number of amides is 1. The Morgan fingerprint density at radius 2 is 2.24 bits per heavy atom. The molecule has 2 atom stereocenters.